The van der Waals surface area contributed by atoms with Gasteiger partial charge in [-0.1, -0.05) is 0 Å². The largest absolute Gasteiger partial charge is 0.378 e. The van der Waals surface area contributed by atoms with Gasteiger partial charge in [-0.3, -0.25) is 9.69 Å². The molecular formula is C21H33N3O4. The molecule has 3 aliphatic heterocycles. The number of carbonyl (C=O) groups is 1. The number of nitrogens with zero attached hydrogens (tertiary/aromatic N) is 3. The molecule has 0 aromatic carbocycles. The van der Waals surface area contributed by atoms with Gasteiger partial charge in [0, 0.05) is 64.7 Å². The minimum atomic E-state index is -0.0738. The Balaban J connectivity index is 1.23. The maximum absolute atomic E-state index is 12.3. The Kier molecular flexibility index (Phi) is 6.35. The summed E-state index contributed by atoms with van der Waals surface area (Å²) in [5.74, 6) is 0.0845. The van der Waals surface area contributed by atoms with E-state index in [-0.39, 0.29) is 24.2 Å². The van der Waals surface area contributed by atoms with E-state index in [1.807, 2.05) is 4.90 Å². The molecule has 1 atom stereocenters. The molecule has 1 amide bonds. The second-order valence-corrected chi connectivity index (χ2v) is 8.34. The minimum Gasteiger partial charge on any atom is -0.378 e. The highest BCUT2D eigenvalue weighted by Crippen LogP contribution is 2.36. The van der Waals surface area contributed by atoms with Crippen LogP contribution in [-0.4, -0.2) is 84.6 Å². The molecule has 28 heavy (non-hydrogen) atoms. The second-order valence-electron chi connectivity index (χ2n) is 8.34. The molecule has 0 radical (unpaired) electrons. The molecule has 4 heterocycles. The maximum atomic E-state index is 12.3. The van der Waals surface area contributed by atoms with Crippen LogP contribution in [0, 0.1) is 0 Å². The Morgan fingerprint density at radius 1 is 1.21 bits per heavy atom. The highest BCUT2D eigenvalue weighted by Gasteiger charge is 2.41. The van der Waals surface area contributed by atoms with Crippen molar-refractivity contribution in [1.29, 1.82) is 0 Å². The predicted molar refractivity (Wildman–Crippen MR) is 105 cm³/mol. The van der Waals surface area contributed by atoms with Crippen molar-refractivity contribution in [3.8, 4) is 0 Å². The highest BCUT2D eigenvalue weighted by molar-refractivity contribution is 5.77. The lowest BCUT2D eigenvalue weighted by molar-refractivity contribution is -0.165. The third kappa shape index (κ3) is 4.76. The Bertz CT molecular complexity index is 648. The molecule has 156 valence electrons. The van der Waals surface area contributed by atoms with Crippen LogP contribution in [0.2, 0.25) is 0 Å². The first-order chi connectivity index (χ1) is 13.6. The summed E-state index contributed by atoms with van der Waals surface area (Å²) in [4.78, 5) is 16.7. The van der Waals surface area contributed by atoms with Gasteiger partial charge in [0.05, 0.1) is 24.9 Å². The monoisotopic (exact) mass is 391 g/mol. The number of morpholine rings is 1. The zero-order chi connectivity index (χ0) is 19.4. The standard InChI is InChI=1S/C21H33N3O4/c1-22-7-2-3-18(22)16-23-8-5-21(6-9-23)15-19(4-12-28-21)27-17-20(25)24-10-13-26-14-11-24/h2-3,7,19H,4-6,8-17H2,1H3. The van der Waals surface area contributed by atoms with Gasteiger partial charge in [-0.2, -0.15) is 0 Å². The van der Waals surface area contributed by atoms with Crippen molar-refractivity contribution in [2.45, 2.75) is 43.9 Å². The summed E-state index contributed by atoms with van der Waals surface area (Å²) < 4.78 is 19.8. The van der Waals surface area contributed by atoms with E-state index in [0.29, 0.717) is 26.3 Å². The summed E-state index contributed by atoms with van der Waals surface area (Å²) in [5.41, 5.74) is 1.28. The number of hydrogen-bond donors (Lipinski definition) is 0. The van der Waals surface area contributed by atoms with Crippen LogP contribution < -0.4 is 0 Å². The second kappa shape index (κ2) is 8.95. The van der Waals surface area contributed by atoms with Gasteiger partial charge in [-0.25, -0.2) is 0 Å². The topological polar surface area (TPSA) is 56.2 Å². The summed E-state index contributed by atoms with van der Waals surface area (Å²) >= 11 is 0. The molecule has 1 unspecified atom stereocenters. The van der Waals surface area contributed by atoms with Crippen LogP contribution in [0.25, 0.3) is 0 Å². The van der Waals surface area contributed by atoms with Crippen LogP contribution in [0.1, 0.15) is 31.4 Å². The van der Waals surface area contributed by atoms with Crippen molar-refractivity contribution in [1.82, 2.24) is 14.4 Å². The van der Waals surface area contributed by atoms with E-state index in [1.54, 1.807) is 0 Å². The van der Waals surface area contributed by atoms with Crippen LogP contribution in [0.3, 0.4) is 0 Å². The number of aromatic nitrogens is 1. The molecule has 0 aliphatic carbocycles. The van der Waals surface area contributed by atoms with Gasteiger partial charge >= 0.3 is 0 Å². The van der Waals surface area contributed by atoms with Gasteiger partial charge in [0.1, 0.15) is 6.61 Å². The van der Waals surface area contributed by atoms with Crippen molar-refractivity contribution in [3.63, 3.8) is 0 Å². The SMILES string of the molecule is Cn1cccc1CN1CCC2(CC1)CC(OCC(=O)N1CCOCC1)CCO2. The fraction of sp³-hybridized carbons (Fsp3) is 0.762. The van der Waals surface area contributed by atoms with Crippen LogP contribution in [0.5, 0.6) is 0 Å². The Hall–Kier alpha value is -1.41. The fourth-order valence-corrected chi connectivity index (χ4v) is 4.58. The van der Waals surface area contributed by atoms with E-state index in [1.165, 1.54) is 5.69 Å². The number of carbonyl (C=O) groups excluding carboxylic acids is 1. The van der Waals surface area contributed by atoms with Crippen molar-refractivity contribution in [2.75, 3.05) is 52.6 Å². The molecule has 0 N–H and O–H groups in total. The Labute approximate surface area is 167 Å². The third-order valence-corrected chi connectivity index (χ3v) is 6.46. The maximum Gasteiger partial charge on any atom is 0.248 e. The van der Waals surface area contributed by atoms with E-state index in [4.69, 9.17) is 14.2 Å². The molecule has 0 saturated carbocycles. The van der Waals surface area contributed by atoms with E-state index < -0.39 is 0 Å². The lowest BCUT2D eigenvalue weighted by atomic mass is 9.83. The third-order valence-electron chi connectivity index (χ3n) is 6.46. The average Bonchev–Trinajstić information content (AvgIpc) is 3.13. The number of hydrogen-bond acceptors (Lipinski definition) is 5. The van der Waals surface area contributed by atoms with Crippen LogP contribution in [0.4, 0.5) is 0 Å². The molecule has 1 aromatic heterocycles. The van der Waals surface area contributed by atoms with Crippen LogP contribution in [0.15, 0.2) is 18.3 Å². The molecule has 3 aliphatic rings. The smallest absolute Gasteiger partial charge is 0.248 e. The minimum absolute atomic E-state index is 0.0738. The van der Waals surface area contributed by atoms with Gasteiger partial charge in [-0.05, 0) is 31.4 Å². The lowest BCUT2D eigenvalue weighted by Gasteiger charge is -2.46. The zero-order valence-electron chi connectivity index (χ0n) is 17.0. The first-order valence-electron chi connectivity index (χ1n) is 10.6. The number of ether oxygens (including phenoxy) is 3. The van der Waals surface area contributed by atoms with Gasteiger partial charge in [0.15, 0.2) is 0 Å². The van der Waals surface area contributed by atoms with Crippen molar-refractivity contribution in [3.05, 3.63) is 24.0 Å². The zero-order valence-corrected chi connectivity index (χ0v) is 17.0. The lowest BCUT2D eigenvalue weighted by Crippen LogP contribution is -2.51. The molecule has 4 rings (SSSR count). The molecule has 7 nitrogen and oxygen atoms in total. The van der Waals surface area contributed by atoms with Crippen LogP contribution >= 0.6 is 0 Å². The van der Waals surface area contributed by atoms with Crippen molar-refractivity contribution >= 4 is 5.91 Å². The van der Waals surface area contributed by atoms with Gasteiger partial charge in [0.2, 0.25) is 5.91 Å². The van der Waals surface area contributed by atoms with Crippen LogP contribution in [-0.2, 0) is 32.6 Å². The summed E-state index contributed by atoms with van der Waals surface area (Å²) in [5, 5.41) is 0. The van der Waals surface area contributed by atoms with E-state index in [0.717, 1.165) is 51.9 Å². The fourth-order valence-electron chi connectivity index (χ4n) is 4.58. The van der Waals surface area contributed by atoms with E-state index >= 15 is 0 Å². The van der Waals surface area contributed by atoms with Crippen molar-refractivity contribution < 1.29 is 19.0 Å². The molecule has 7 heteroatoms. The normalized spacial score (nSPS) is 25.9. The molecule has 1 aromatic rings. The molecule has 0 bridgehead atoms. The summed E-state index contributed by atoms with van der Waals surface area (Å²) in [7, 11) is 2.10. The first kappa shape index (κ1) is 19.9. The number of aryl methyl sites for hydroxylation is 1. The Morgan fingerprint density at radius 2 is 2.00 bits per heavy atom. The first-order valence-corrected chi connectivity index (χ1v) is 10.6. The van der Waals surface area contributed by atoms with Gasteiger partial charge < -0.3 is 23.7 Å². The number of amides is 1. The van der Waals surface area contributed by atoms with Crippen molar-refractivity contribution in [2.24, 2.45) is 7.05 Å². The molecule has 3 fully saturated rings. The molecule has 3 saturated heterocycles. The van der Waals surface area contributed by atoms with Gasteiger partial charge in [-0.15, -0.1) is 0 Å². The van der Waals surface area contributed by atoms with E-state index in [9.17, 15) is 4.79 Å². The molecule has 1 spiro atoms. The quantitative estimate of drug-likeness (QED) is 0.760. The van der Waals surface area contributed by atoms with Gasteiger partial charge in [0.25, 0.3) is 0 Å². The number of rotatable bonds is 5. The highest BCUT2D eigenvalue weighted by atomic mass is 16.5. The number of piperidine rings is 1. The number of likely N-dealkylation sites (tertiary alicyclic amines) is 1. The average molecular weight is 392 g/mol. The predicted octanol–water partition coefficient (Wildman–Crippen LogP) is 1.41. The van der Waals surface area contributed by atoms with E-state index in [2.05, 4.69) is 34.8 Å². The summed E-state index contributed by atoms with van der Waals surface area (Å²) in [6, 6.07) is 4.29. The summed E-state index contributed by atoms with van der Waals surface area (Å²) in [6.45, 7) is 6.61. The summed E-state index contributed by atoms with van der Waals surface area (Å²) in [6.07, 6.45) is 6.08. The Morgan fingerprint density at radius 3 is 2.71 bits per heavy atom. The molecular weight excluding hydrogens is 358 g/mol.